The quantitative estimate of drug-likeness (QED) is 0.213. The summed E-state index contributed by atoms with van der Waals surface area (Å²) in [5, 5.41) is 13.7. The fraction of sp³-hybridized carbons (Fsp3) is 0.0417. The lowest BCUT2D eigenvalue weighted by Crippen LogP contribution is -2.07. The summed E-state index contributed by atoms with van der Waals surface area (Å²) in [6.45, 7) is 1.33. The minimum Gasteiger partial charge on any atom is -0.457 e. The van der Waals surface area contributed by atoms with Crippen LogP contribution in [0.25, 0.3) is 22.3 Å². The molecule has 11 heteroatoms. The summed E-state index contributed by atoms with van der Waals surface area (Å²) in [6, 6.07) is 18.4. The maximum Gasteiger partial charge on any atom is 0.433 e. The van der Waals surface area contributed by atoms with Gasteiger partial charge in [0.05, 0.1) is 11.0 Å². The zero-order valence-corrected chi connectivity index (χ0v) is 20.5. The summed E-state index contributed by atoms with van der Waals surface area (Å²) < 4.78 is 39.0. The number of benzene rings is 2. The predicted molar refractivity (Wildman–Crippen MR) is 133 cm³/mol. The van der Waals surface area contributed by atoms with Crippen molar-refractivity contribution in [2.45, 2.75) is 11.8 Å². The molecule has 0 spiro atoms. The number of nitro groups is 1. The molecule has 0 aliphatic carbocycles. The lowest BCUT2D eigenvalue weighted by molar-refractivity contribution is -0.402. The highest BCUT2D eigenvalue weighted by molar-refractivity contribution is 9.10. The minimum atomic E-state index is -4.21. The molecule has 1 amide bonds. The molecule has 0 saturated heterocycles. The van der Waals surface area contributed by atoms with Gasteiger partial charge in [-0.05, 0) is 54.6 Å². The molecule has 0 bridgehead atoms. The Kier molecular flexibility index (Phi) is 6.72. The average molecular weight is 557 g/mol. The van der Waals surface area contributed by atoms with Crippen molar-refractivity contribution < 1.29 is 27.0 Å². The van der Waals surface area contributed by atoms with Crippen LogP contribution >= 0.6 is 15.9 Å². The largest absolute Gasteiger partial charge is 0.457 e. The number of nitrogens with one attached hydrogen (secondary N) is 1. The number of sulfone groups is 1. The Bertz CT molecular complexity index is 1530. The molecule has 0 radical (unpaired) electrons. The number of carbonyl (C=O) groups excluding carboxylic acids is 1. The first kappa shape index (κ1) is 24.2. The molecule has 0 aliphatic rings. The van der Waals surface area contributed by atoms with E-state index in [2.05, 4.69) is 21.2 Å². The molecule has 2 aromatic heterocycles. The van der Waals surface area contributed by atoms with E-state index in [-0.39, 0.29) is 27.2 Å². The molecule has 0 saturated carbocycles. The van der Waals surface area contributed by atoms with Gasteiger partial charge in [0.25, 0.3) is 0 Å². The van der Waals surface area contributed by atoms with Gasteiger partial charge in [0.15, 0.2) is 5.76 Å². The van der Waals surface area contributed by atoms with Crippen molar-refractivity contribution in [2.75, 3.05) is 5.32 Å². The van der Waals surface area contributed by atoms with Crippen LogP contribution in [-0.2, 0) is 14.6 Å². The highest BCUT2D eigenvalue weighted by atomic mass is 79.9. The number of rotatable bonds is 7. The molecular weight excluding hydrogens is 540 g/mol. The molecule has 0 unspecified atom stereocenters. The second-order valence-corrected chi connectivity index (χ2v) is 10.2. The van der Waals surface area contributed by atoms with Crippen LogP contribution < -0.4 is 5.32 Å². The maximum absolute atomic E-state index is 13.5. The Hall–Kier alpha value is -3.96. The third kappa shape index (κ3) is 5.42. The van der Waals surface area contributed by atoms with Gasteiger partial charge in [-0.3, -0.25) is 14.9 Å². The topological polar surface area (TPSA) is 133 Å². The summed E-state index contributed by atoms with van der Waals surface area (Å²) in [5.41, 5.74) is 1.19. The van der Waals surface area contributed by atoms with Gasteiger partial charge < -0.3 is 14.2 Å². The normalized spacial score (nSPS) is 11.9. The van der Waals surface area contributed by atoms with E-state index in [0.717, 1.165) is 16.1 Å². The Morgan fingerprint density at radius 1 is 0.971 bits per heavy atom. The smallest absolute Gasteiger partial charge is 0.433 e. The minimum absolute atomic E-state index is 0.100. The number of nitrogens with zero attached hydrogens (tertiary/aromatic N) is 1. The Labute approximate surface area is 208 Å². The van der Waals surface area contributed by atoms with Crippen LogP contribution in [0.3, 0.4) is 0 Å². The lowest BCUT2D eigenvalue weighted by atomic mass is 10.2. The first-order valence-corrected chi connectivity index (χ1v) is 12.4. The summed E-state index contributed by atoms with van der Waals surface area (Å²) in [4.78, 5) is 21.2. The van der Waals surface area contributed by atoms with E-state index in [1.165, 1.54) is 43.3 Å². The van der Waals surface area contributed by atoms with E-state index >= 15 is 0 Å². The van der Waals surface area contributed by atoms with E-state index in [4.69, 9.17) is 8.83 Å². The molecule has 2 heterocycles. The summed E-state index contributed by atoms with van der Waals surface area (Å²) >= 11 is 3.37. The molecule has 9 nitrogen and oxygen atoms in total. The van der Waals surface area contributed by atoms with Gasteiger partial charge in [0.2, 0.25) is 15.7 Å². The van der Waals surface area contributed by atoms with E-state index in [9.17, 15) is 23.3 Å². The number of furan rings is 2. The van der Waals surface area contributed by atoms with Gasteiger partial charge in [0, 0.05) is 28.7 Å². The van der Waals surface area contributed by atoms with Crippen LogP contribution in [-0.4, -0.2) is 19.2 Å². The number of hydrogen-bond acceptors (Lipinski definition) is 7. The molecule has 4 rings (SSSR count). The van der Waals surface area contributed by atoms with Gasteiger partial charge in [-0.25, -0.2) is 8.42 Å². The molecule has 1 N–H and O–H groups in total. The van der Waals surface area contributed by atoms with Crippen LogP contribution in [0.5, 0.6) is 0 Å². The SMILES string of the molecule is CC(=O)Nc1ccc(S(=O)(=O)C(=Cc2ccc(-c3ccc(Br)cc3)o2)c2ccc([N+](=O)[O-])o2)cc1. The highest BCUT2D eigenvalue weighted by Gasteiger charge is 2.27. The van der Waals surface area contributed by atoms with Crippen molar-refractivity contribution in [3.8, 4) is 11.3 Å². The van der Waals surface area contributed by atoms with Crippen molar-refractivity contribution in [3.63, 3.8) is 0 Å². The lowest BCUT2D eigenvalue weighted by Gasteiger charge is -2.08. The molecular formula is C24H17BrN2O7S. The predicted octanol–water partition coefficient (Wildman–Crippen LogP) is 6.14. The second-order valence-electron chi connectivity index (χ2n) is 7.32. The molecule has 0 fully saturated rings. The van der Waals surface area contributed by atoms with Crippen LogP contribution in [0.15, 0.2) is 91.0 Å². The molecule has 0 aliphatic heterocycles. The molecule has 2 aromatic carbocycles. The first-order chi connectivity index (χ1) is 16.6. The fourth-order valence-electron chi connectivity index (χ4n) is 3.22. The fourth-order valence-corrected chi connectivity index (χ4v) is 4.87. The van der Waals surface area contributed by atoms with E-state index in [1.807, 2.05) is 24.3 Å². The van der Waals surface area contributed by atoms with Crippen LogP contribution in [0, 0.1) is 10.1 Å². The Morgan fingerprint density at radius 2 is 1.66 bits per heavy atom. The zero-order valence-electron chi connectivity index (χ0n) is 18.1. The van der Waals surface area contributed by atoms with Gasteiger partial charge in [-0.15, -0.1) is 0 Å². The van der Waals surface area contributed by atoms with Crippen LogP contribution in [0.4, 0.5) is 11.6 Å². The third-order valence-corrected chi connectivity index (χ3v) is 7.14. The van der Waals surface area contributed by atoms with Gasteiger partial charge in [-0.2, -0.15) is 0 Å². The van der Waals surface area contributed by atoms with Gasteiger partial charge in [0.1, 0.15) is 21.3 Å². The van der Waals surface area contributed by atoms with E-state index in [0.29, 0.717) is 11.4 Å². The summed E-state index contributed by atoms with van der Waals surface area (Å²) in [5.74, 6) is -0.411. The van der Waals surface area contributed by atoms with Crippen LogP contribution in [0.1, 0.15) is 18.4 Å². The highest BCUT2D eigenvalue weighted by Crippen LogP contribution is 2.34. The third-order valence-electron chi connectivity index (χ3n) is 4.82. The van der Waals surface area contributed by atoms with Crippen molar-refractivity contribution >= 4 is 54.2 Å². The number of amides is 1. The van der Waals surface area contributed by atoms with Crippen molar-refractivity contribution in [2.24, 2.45) is 0 Å². The van der Waals surface area contributed by atoms with Gasteiger partial charge >= 0.3 is 5.88 Å². The number of anilines is 1. The summed E-state index contributed by atoms with van der Waals surface area (Å²) in [7, 11) is -4.21. The van der Waals surface area contributed by atoms with Crippen LogP contribution in [0.2, 0.25) is 0 Å². The number of carbonyl (C=O) groups is 1. The maximum atomic E-state index is 13.5. The standard InChI is InChI=1S/C24H17BrN2O7S/c1-15(28)26-18-6-9-20(10-7-18)35(31,32)23(22-12-13-24(34-22)27(29)30)14-19-8-11-21(33-19)16-2-4-17(25)5-3-16/h2-14H,1H3,(H,26,28). The molecule has 35 heavy (non-hydrogen) atoms. The number of hydrogen-bond donors (Lipinski definition) is 1. The Balaban J connectivity index is 1.78. The first-order valence-electron chi connectivity index (χ1n) is 10.1. The monoisotopic (exact) mass is 556 g/mol. The van der Waals surface area contributed by atoms with Crippen molar-refractivity contribution in [1.29, 1.82) is 0 Å². The summed E-state index contributed by atoms with van der Waals surface area (Å²) in [6.07, 6.45) is 1.25. The van der Waals surface area contributed by atoms with E-state index in [1.54, 1.807) is 12.1 Å². The molecule has 4 aromatic rings. The average Bonchev–Trinajstić information content (AvgIpc) is 3.48. The number of halogens is 1. The zero-order chi connectivity index (χ0) is 25.2. The second kappa shape index (κ2) is 9.72. The Morgan fingerprint density at radius 3 is 2.26 bits per heavy atom. The van der Waals surface area contributed by atoms with Crippen molar-refractivity contribution in [1.82, 2.24) is 0 Å². The van der Waals surface area contributed by atoms with Gasteiger partial charge in [-0.1, -0.05) is 28.1 Å². The molecule has 0 atom stereocenters. The van der Waals surface area contributed by atoms with E-state index < -0.39 is 20.6 Å². The van der Waals surface area contributed by atoms with Crippen molar-refractivity contribution in [3.05, 3.63) is 98.9 Å². The molecule has 178 valence electrons.